The summed E-state index contributed by atoms with van der Waals surface area (Å²) in [4.78, 5) is 2.31. The van der Waals surface area contributed by atoms with Crippen molar-refractivity contribution >= 4 is 38.6 Å². The van der Waals surface area contributed by atoms with Gasteiger partial charge in [-0.15, -0.1) is 0 Å². The van der Waals surface area contributed by atoms with Crippen LogP contribution in [-0.4, -0.2) is 4.57 Å². The largest absolute Gasteiger partial charge is 0.324 e. The van der Waals surface area contributed by atoms with Crippen LogP contribution >= 0.6 is 0 Å². The summed E-state index contributed by atoms with van der Waals surface area (Å²) < 4.78 is 2.36. The van der Waals surface area contributed by atoms with Gasteiger partial charge in [0.25, 0.3) is 0 Å². The van der Waals surface area contributed by atoms with Crippen molar-refractivity contribution in [2.24, 2.45) is 0 Å². The molecule has 0 amide bonds. The number of para-hydroxylation sites is 2. The molecule has 0 saturated heterocycles. The zero-order chi connectivity index (χ0) is 43.1. The molecule has 2 nitrogen and oxygen atoms in total. The molecule has 2 aliphatic rings. The summed E-state index contributed by atoms with van der Waals surface area (Å²) >= 11 is 0. The zero-order valence-electron chi connectivity index (χ0n) is 36.0. The second-order valence-electron chi connectivity index (χ2n) is 17.2. The van der Waals surface area contributed by atoms with E-state index in [4.69, 9.17) is 6.58 Å². The molecule has 1 aliphatic heterocycles. The maximum absolute atomic E-state index is 4.72. The summed E-state index contributed by atoms with van der Waals surface area (Å²) in [5.41, 5.74) is 18.6. The van der Waals surface area contributed by atoms with Gasteiger partial charge < -0.3 is 9.47 Å². The fourth-order valence-corrected chi connectivity index (χ4v) is 9.87. The van der Waals surface area contributed by atoms with Crippen LogP contribution in [0.15, 0.2) is 244 Å². The minimum absolute atomic E-state index is 0.0531. The van der Waals surface area contributed by atoms with E-state index in [1.165, 1.54) is 66.3 Å². The molecule has 2 heterocycles. The minimum Gasteiger partial charge on any atom is -0.324 e. The van der Waals surface area contributed by atoms with Crippen LogP contribution in [-0.2, 0) is 5.41 Å². The molecule has 0 bridgehead atoms. The van der Waals surface area contributed by atoms with Crippen molar-refractivity contribution in [1.29, 1.82) is 0 Å². The minimum atomic E-state index is -0.187. The number of benzene rings is 7. The molecule has 63 heavy (non-hydrogen) atoms. The van der Waals surface area contributed by atoms with Crippen LogP contribution in [0.1, 0.15) is 59.6 Å². The first-order chi connectivity index (χ1) is 30.8. The second kappa shape index (κ2) is 16.3. The van der Waals surface area contributed by atoms with Gasteiger partial charge in [-0.3, -0.25) is 0 Å². The fourth-order valence-electron chi connectivity index (χ4n) is 9.87. The van der Waals surface area contributed by atoms with E-state index in [1.807, 2.05) is 12.2 Å². The van der Waals surface area contributed by atoms with Gasteiger partial charge in [0.15, 0.2) is 0 Å². The van der Waals surface area contributed by atoms with Crippen molar-refractivity contribution in [2.75, 3.05) is 4.90 Å². The highest BCUT2D eigenvalue weighted by Crippen LogP contribution is 2.52. The first kappa shape index (κ1) is 39.5. The fraction of sp³-hybridized carbons (Fsp3) is 0.0820. The zero-order valence-corrected chi connectivity index (χ0v) is 36.0. The molecule has 0 N–H and O–H groups in total. The lowest BCUT2D eigenvalue weighted by Gasteiger charge is -2.27. The van der Waals surface area contributed by atoms with Gasteiger partial charge in [0, 0.05) is 45.9 Å². The molecular weight excluding hydrogens is 761 g/mol. The Labute approximate surface area is 371 Å². The van der Waals surface area contributed by atoms with Gasteiger partial charge in [-0.1, -0.05) is 179 Å². The second-order valence-corrected chi connectivity index (χ2v) is 17.2. The molecule has 1 aromatic heterocycles. The quantitative estimate of drug-likeness (QED) is 0.139. The van der Waals surface area contributed by atoms with Gasteiger partial charge in [-0.25, -0.2) is 0 Å². The molecule has 0 radical (unpaired) electrons. The summed E-state index contributed by atoms with van der Waals surface area (Å²) in [6.45, 7) is 18.1. The van der Waals surface area contributed by atoms with Crippen molar-refractivity contribution in [3.05, 3.63) is 277 Å². The molecular formula is C61H50N2. The number of fused-ring (bicyclic) bond motifs is 6. The Bertz CT molecular complexity index is 3220. The topological polar surface area (TPSA) is 8.17 Å². The smallest absolute Gasteiger partial charge is 0.0541 e. The van der Waals surface area contributed by atoms with Crippen molar-refractivity contribution in [3.63, 3.8) is 0 Å². The van der Waals surface area contributed by atoms with Gasteiger partial charge in [-0.2, -0.15) is 0 Å². The highest BCUT2D eigenvalue weighted by molar-refractivity contribution is 6.10. The summed E-state index contributed by atoms with van der Waals surface area (Å²) in [5, 5.41) is 2.42. The Morgan fingerprint density at radius 1 is 0.619 bits per heavy atom. The number of hydrogen-bond donors (Lipinski definition) is 0. The van der Waals surface area contributed by atoms with E-state index in [-0.39, 0.29) is 11.3 Å². The molecule has 0 fully saturated rings. The van der Waals surface area contributed by atoms with E-state index in [9.17, 15) is 0 Å². The first-order valence-corrected chi connectivity index (χ1v) is 21.8. The van der Waals surface area contributed by atoms with Crippen molar-refractivity contribution in [3.8, 4) is 16.8 Å². The molecule has 8 aromatic rings. The third kappa shape index (κ3) is 7.14. The molecule has 0 spiro atoms. The Morgan fingerprint density at radius 2 is 1.29 bits per heavy atom. The van der Waals surface area contributed by atoms with E-state index in [1.54, 1.807) is 0 Å². The number of allylic oxidation sites excluding steroid dienone is 9. The number of anilines is 1. The average molecular weight is 811 g/mol. The van der Waals surface area contributed by atoms with Crippen LogP contribution in [0.25, 0.3) is 49.8 Å². The maximum Gasteiger partial charge on any atom is 0.0541 e. The standard InChI is InChI=1S/C61H50N2/c1-6-7-26-51(44-20-10-8-11-21-44)47-22-18-25-50(39-47)62-36-35-46(45-33-34-59-56(40-45)54-28-15-17-32-58(54)63(59)49-23-12-9-13-24-49)37-42(2)43(3)38-48(41-62)52-29-19-30-55-53-27-14-16-31-57(53)61(4,5)60(52)55/h6-37,39-41,51H,1-3,38H2,4-5H3/b26-7-,36-35-,46-37+,48-41?. The normalized spacial score (nSPS) is 16.6. The van der Waals surface area contributed by atoms with Crippen LogP contribution in [0, 0.1) is 0 Å². The summed E-state index contributed by atoms with van der Waals surface area (Å²) in [7, 11) is 0. The monoisotopic (exact) mass is 810 g/mol. The Kier molecular flexibility index (Phi) is 10.2. The molecule has 0 saturated carbocycles. The Morgan fingerprint density at radius 3 is 2.11 bits per heavy atom. The third-order valence-electron chi connectivity index (χ3n) is 13.0. The maximum atomic E-state index is 4.72. The predicted molar refractivity (Wildman–Crippen MR) is 269 cm³/mol. The molecule has 2 heteroatoms. The van der Waals surface area contributed by atoms with E-state index in [0.717, 1.165) is 33.7 Å². The van der Waals surface area contributed by atoms with Crippen LogP contribution in [0.4, 0.5) is 5.69 Å². The molecule has 7 aromatic carbocycles. The van der Waals surface area contributed by atoms with E-state index in [2.05, 4.69) is 237 Å². The van der Waals surface area contributed by atoms with Gasteiger partial charge in [-0.05, 0) is 128 Å². The highest BCUT2D eigenvalue weighted by Gasteiger charge is 2.37. The van der Waals surface area contributed by atoms with Crippen LogP contribution in [0.2, 0.25) is 0 Å². The van der Waals surface area contributed by atoms with E-state index >= 15 is 0 Å². The molecule has 1 atom stereocenters. The van der Waals surface area contributed by atoms with Crippen molar-refractivity contribution < 1.29 is 0 Å². The van der Waals surface area contributed by atoms with Gasteiger partial charge in [0.2, 0.25) is 0 Å². The van der Waals surface area contributed by atoms with Crippen LogP contribution in [0.3, 0.4) is 0 Å². The Hall–Kier alpha value is -7.68. The Balaban J connectivity index is 1.15. The number of hydrogen-bond acceptors (Lipinski definition) is 1. The lowest BCUT2D eigenvalue weighted by molar-refractivity contribution is 0.658. The lowest BCUT2D eigenvalue weighted by atomic mass is 9.78. The summed E-state index contributed by atoms with van der Waals surface area (Å²) in [6, 6.07) is 61.5. The van der Waals surface area contributed by atoms with E-state index < -0.39 is 0 Å². The van der Waals surface area contributed by atoms with Crippen molar-refractivity contribution in [2.45, 2.75) is 31.6 Å². The third-order valence-corrected chi connectivity index (χ3v) is 13.0. The SMILES string of the molecule is C=C/C=C\C(c1ccccc1)c1cccc(N2C=C(c3cccc4c3C(C)(C)c3ccccc3-4)CC(=C)C(=C)/C=C(c3ccc4c(c3)c3ccccc3n4-c3ccccc3)\C=C/2)c1. The lowest BCUT2D eigenvalue weighted by Crippen LogP contribution is -2.18. The number of aromatic nitrogens is 1. The molecule has 1 unspecified atom stereocenters. The van der Waals surface area contributed by atoms with Gasteiger partial charge >= 0.3 is 0 Å². The summed E-state index contributed by atoms with van der Waals surface area (Å²) in [5.74, 6) is 0.0531. The van der Waals surface area contributed by atoms with Crippen LogP contribution < -0.4 is 4.90 Å². The molecule has 304 valence electrons. The first-order valence-electron chi connectivity index (χ1n) is 21.8. The molecule has 1 aliphatic carbocycles. The van der Waals surface area contributed by atoms with Gasteiger partial charge in [0.1, 0.15) is 0 Å². The number of rotatable bonds is 8. The van der Waals surface area contributed by atoms with Crippen LogP contribution in [0.5, 0.6) is 0 Å². The van der Waals surface area contributed by atoms with Crippen molar-refractivity contribution in [1.82, 2.24) is 4.57 Å². The average Bonchev–Trinajstić information content (AvgIpc) is 3.78. The molecule has 10 rings (SSSR count). The highest BCUT2D eigenvalue weighted by atomic mass is 15.1. The summed E-state index contributed by atoms with van der Waals surface area (Å²) in [6.07, 6.45) is 15.8. The van der Waals surface area contributed by atoms with Gasteiger partial charge in [0.05, 0.1) is 11.0 Å². The van der Waals surface area contributed by atoms with E-state index in [0.29, 0.717) is 6.42 Å². The number of nitrogens with zero attached hydrogens (tertiary/aromatic N) is 2. The predicted octanol–water partition coefficient (Wildman–Crippen LogP) is 15.9.